The molecular weight excluding hydrogens is 278 g/mol. The van der Waals surface area contributed by atoms with E-state index in [0.717, 1.165) is 29.1 Å². The Labute approximate surface area is 128 Å². The number of benzene rings is 1. The molecule has 1 amide bonds. The molecule has 1 N–H and O–H groups in total. The number of methoxy groups -OCH3 is 1. The van der Waals surface area contributed by atoms with E-state index >= 15 is 0 Å². The Hall–Kier alpha value is -2.40. The number of fused-ring (bicyclic) bond motifs is 2. The highest BCUT2D eigenvalue weighted by molar-refractivity contribution is 5.97. The second kappa shape index (κ2) is 4.81. The number of amides is 1. The minimum absolute atomic E-state index is 0.0511. The summed E-state index contributed by atoms with van der Waals surface area (Å²) >= 11 is 0. The van der Waals surface area contributed by atoms with Gasteiger partial charge in [0.15, 0.2) is 0 Å². The predicted molar refractivity (Wildman–Crippen MR) is 81.7 cm³/mol. The zero-order valence-corrected chi connectivity index (χ0v) is 12.4. The summed E-state index contributed by atoms with van der Waals surface area (Å²) in [4.78, 5) is 19.2. The third-order valence-electron chi connectivity index (χ3n) is 4.57. The molecule has 0 radical (unpaired) electrons. The Morgan fingerprint density at radius 3 is 2.86 bits per heavy atom. The molecule has 2 aliphatic rings. The van der Waals surface area contributed by atoms with Crippen LogP contribution < -0.4 is 10.1 Å². The summed E-state index contributed by atoms with van der Waals surface area (Å²) in [6, 6.07) is 11.6. The van der Waals surface area contributed by atoms with Crippen molar-refractivity contribution in [2.75, 3.05) is 20.2 Å². The van der Waals surface area contributed by atoms with Gasteiger partial charge in [0.1, 0.15) is 11.4 Å². The molecule has 1 aromatic heterocycles. The lowest BCUT2D eigenvalue weighted by Crippen LogP contribution is -2.55. The van der Waals surface area contributed by atoms with Crippen LogP contribution in [0.15, 0.2) is 42.6 Å². The van der Waals surface area contributed by atoms with Crippen LogP contribution in [-0.2, 0) is 12.1 Å². The van der Waals surface area contributed by atoms with Gasteiger partial charge in [0.05, 0.1) is 18.4 Å². The summed E-state index contributed by atoms with van der Waals surface area (Å²) < 4.78 is 5.23. The zero-order valence-electron chi connectivity index (χ0n) is 12.4. The van der Waals surface area contributed by atoms with Crippen molar-refractivity contribution in [3.8, 4) is 5.75 Å². The number of aromatic nitrogens is 1. The first-order chi connectivity index (χ1) is 10.7. The number of nitrogens with one attached hydrogen (secondary N) is 1. The van der Waals surface area contributed by atoms with Crippen LogP contribution in [0.5, 0.6) is 5.75 Å². The highest BCUT2D eigenvalue weighted by Crippen LogP contribution is 2.38. The average Bonchev–Trinajstić information content (AvgIpc) is 3.00. The summed E-state index contributed by atoms with van der Waals surface area (Å²) in [5.41, 5.74) is 2.14. The maximum absolute atomic E-state index is 12.8. The van der Waals surface area contributed by atoms with Gasteiger partial charge in [-0.15, -0.1) is 0 Å². The summed E-state index contributed by atoms with van der Waals surface area (Å²) in [5, 5.41) is 3.52. The van der Waals surface area contributed by atoms with Crippen LogP contribution in [0.1, 0.15) is 21.6 Å². The van der Waals surface area contributed by atoms with Gasteiger partial charge in [-0.1, -0.05) is 12.1 Å². The summed E-state index contributed by atoms with van der Waals surface area (Å²) in [5.74, 6) is 0.862. The second-order valence-corrected chi connectivity index (χ2v) is 5.65. The van der Waals surface area contributed by atoms with Crippen LogP contribution in [0.4, 0.5) is 0 Å². The molecule has 5 nitrogen and oxygen atoms in total. The monoisotopic (exact) mass is 295 g/mol. The Balaban J connectivity index is 1.83. The maximum atomic E-state index is 12.8. The van der Waals surface area contributed by atoms with E-state index < -0.39 is 5.66 Å². The van der Waals surface area contributed by atoms with Crippen molar-refractivity contribution in [2.24, 2.45) is 0 Å². The van der Waals surface area contributed by atoms with Crippen LogP contribution in [-0.4, -0.2) is 36.0 Å². The molecule has 0 bridgehead atoms. The molecule has 5 heteroatoms. The van der Waals surface area contributed by atoms with Gasteiger partial charge in [0, 0.05) is 25.7 Å². The van der Waals surface area contributed by atoms with Crippen LogP contribution in [0.25, 0.3) is 0 Å². The third kappa shape index (κ3) is 1.75. The van der Waals surface area contributed by atoms with Gasteiger partial charge in [-0.05, 0) is 29.8 Å². The molecule has 0 saturated carbocycles. The van der Waals surface area contributed by atoms with Crippen molar-refractivity contribution in [3.63, 3.8) is 0 Å². The van der Waals surface area contributed by atoms with E-state index in [-0.39, 0.29) is 5.91 Å². The number of carbonyl (C=O) groups is 1. The van der Waals surface area contributed by atoms with Gasteiger partial charge in [-0.3, -0.25) is 15.1 Å². The molecule has 1 fully saturated rings. The maximum Gasteiger partial charge on any atom is 0.257 e. The Kier molecular flexibility index (Phi) is 2.90. The average molecular weight is 295 g/mol. The quantitative estimate of drug-likeness (QED) is 0.913. The topological polar surface area (TPSA) is 54.5 Å². The SMILES string of the molecule is COc1ccc([C@@]23Cc4ncccc4C(=O)N2CCN3)cc1. The van der Waals surface area contributed by atoms with Crippen LogP contribution in [0, 0.1) is 0 Å². The molecule has 1 atom stereocenters. The van der Waals surface area contributed by atoms with Crippen molar-refractivity contribution < 1.29 is 9.53 Å². The summed E-state index contributed by atoms with van der Waals surface area (Å²) in [6.07, 6.45) is 2.43. The van der Waals surface area contributed by atoms with Gasteiger partial charge in [0.25, 0.3) is 5.91 Å². The van der Waals surface area contributed by atoms with Crippen LogP contribution >= 0.6 is 0 Å². The highest BCUT2D eigenvalue weighted by atomic mass is 16.5. The lowest BCUT2D eigenvalue weighted by Gasteiger charge is -2.42. The Morgan fingerprint density at radius 1 is 1.27 bits per heavy atom. The summed E-state index contributed by atoms with van der Waals surface area (Å²) in [7, 11) is 1.65. The third-order valence-corrected chi connectivity index (χ3v) is 4.57. The number of ether oxygens (including phenoxy) is 1. The van der Waals surface area contributed by atoms with E-state index in [4.69, 9.17) is 4.74 Å². The molecule has 22 heavy (non-hydrogen) atoms. The normalized spacial score (nSPS) is 23.1. The van der Waals surface area contributed by atoms with E-state index in [9.17, 15) is 4.79 Å². The van der Waals surface area contributed by atoms with Gasteiger partial charge in [-0.2, -0.15) is 0 Å². The van der Waals surface area contributed by atoms with Crippen LogP contribution in [0.2, 0.25) is 0 Å². The number of hydrogen-bond acceptors (Lipinski definition) is 4. The standard InChI is InChI=1S/C17H17N3O2/c1-22-13-6-4-12(5-7-13)17-11-15-14(3-2-8-18-15)16(21)20(17)10-9-19-17/h2-8,19H,9-11H2,1H3/t17-/m1/s1. The van der Waals surface area contributed by atoms with E-state index in [1.165, 1.54) is 0 Å². The molecular formula is C17H17N3O2. The van der Waals surface area contributed by atoms with Gasteiger partial charge in [-0.25, -0.2) is 0 Å². The van der Waals surface area contributed by atoms with Crippen molar-refractivity contribution in [1.82, 2.24) is 15.2 Å². The van der Waals surface area contributed by atoms with E-state index in [1.54, 1.807) is 13.3 Å². The Bertz CT molecular complexity index is 729. The molecule has 3 heterocycles. The van der Waals surface area contributed by atoms with Crippen molar-refractivity contribution in [3.05, 3.63) is 59.4 Å². The first-order valence-corrected chi connectivity index (χ1v) is 7.40. The fourth-order valence-electron chi connectivity index (χ4n) is 3.48. The predicted octanol–water partition coefficient (Wildman–Crippen LogP) is 1.54. The number of pyridine rings is 1. The summed E-state index contributed by atoms with van der Waals surface area (Å²) in [6.45, 7) is 1.49. The molecule has 1 saturated heterocycles. The number of nitrogens with zero attached hydrogens (tertiary/aromatic N) is 2. The molecule has 4 rings (SSSR count). The largest absolute Gasteiger partial charge is 0.497 e. The highest BCUT2D eigenvalue weighted by Gasteiger charge is 2.49. The second-order valence-electron chi connectivity index (χ2n) is 5.65. The fraction of sp³-hybridized carbons (Fsp3) is 0.294. The van der Waals surface area contributed by atoms with Crippen LogP contribution in [0.3, 0.4) is 0 Å². The first-order valence-electron chi connectivity index (χ1n) is 7.40. The lowest BCUT2D eigenvalue weighted by atomic mass is 9.87. The molecule has 2 aromatic rings. The molecule has 112 valence electrons. The smallest absolute Gasteiger partial charge is 0.257 e. The van der Waals surface area contributed by atoms with Crippen molar-refractivity contribution in [2.45, 2.75) is 12.1 Å². The fourth-order valence-corrected chi connectivity index (χ4v) is 3.48. The minimum atomic E-state index is -0.495. The van der Waals surface area contributed by atoms with Gasteiger partial charge < -0.3 is 9.64 Å². The van der Waals surface area contributed by atoms with E-state index in [0.29, 0.717) is 13.0 Å². The van der Waals surface area contributed by atoms with Crippen molar-refractivity contribution in [1.29, 1.82) is 0 Å². The molecule has 0 aliphatic carbocycles. The number of rotatable bonds is 2. The van der Waals surface area contributed by atoms with E-state index in [1.807, 2.05) is 41.3 Å². The zero-order chi connectivity index (χ0) is 15.2. The molecule has 1 aromatic carbocycles. The van der Waals surface area contributed by atoms with Gasteiger partial charge in [0.2, 0.25) is 0 Å². The first kappa shape index (κ1) is 13.3. The van der Waals surface area contributed by atoms with Crippen molar-refractivity contribution >= 4 is 5.91 Å². The number of hydrogen-bond donors (Lipinski definition) is 1. The minimum Gasteiger partial charge on any atom is -0.497 e. The van der Waals surface area contributed by atoms with Gasteiger partial charge >= 0.3 is 0 Å². The molecule has 2 aliphatic heterocycles. The number of carbonyl (C=O) groups excluding carboxylic acids is 1. The lowest BCUT2D eigenvalue weighted by molar-refractivity contribution is 0.0498. The molecule has 0 spiro atoms. The Morgan fingerprint density at radius 2 is 2.09 bits per heavy atom. The molecule has 0 unspecified atom stereocenters. The van der Waals surface area contributed by atoms with E-state index in [2.05, 4.69) is 10.3 Å².